The fourth-order valence-electron chi connectivity index (χ4n) is 5.13. The normalized spacial score (nSPS) is 12.3. The molecule has 13 heteroatoms. The van der Waals surface area contributed by atoms with E-state index in [1.165, 1.54) is 30.3 Å². The lowest BCUT2D eigenvalue weighted by Crippen LogP contribution is -2.25. The Kier molecular flexibility index (Phi) is 16.0. The molecule has 3 aromatic rings. The van der Waals surface area contributed by atoms with E-state index >= 15 is 0 Å². The Hall–Kier alpha value is -4.74. The van der Waals surface area contributed by atoms with Gasteiger partial charge in [-0.3, -0.25) is 4.79 Å². The Balaban J connectivity index is 0.000000560. The molecule has 0 radical (unpaired) electrons. The molecule has 1 N–H and O–H groups in total. The van der Waals surface area contributed by atoms with Gasteiger partial charge in [0, 0.05) is 11.1 Å². The molecule has 0 aliphatic heterocycles. The molecule has 0 aromatic heterocycles. The van der Waals surface area contributed by atoms with Crippen LogP contribution in [0.4, 0.5) is 0 Å². The Morgan fingerprint density at radius 1 is 0.941 bits per heavy atom. The number of nitrogens with zero attached hydrogens (tertiary/aromatic N) is 2. The van der Waals surface area contributed by atoms with E-state index in [0.29, 0.717) is 5.76 Å². The number of benzene rings is 3. The van der Waals surface area contributed by atoms with Crippen molar-refractivity contribution in [1.82, 2.24) is 0 Å². The van der Waals surface area contributed by atoms with Gasteiger partial charge in [-0.2, -0.15) is 13.2 Å². The van der Waals surface area contributed by atoms with Crippen molar-refractivity contribution in [2.24, 2.45) is 5.41 Å². The first-order valence-corrected chi connectivity index (χ1v) is 16.8. The number of hydrogen-bond acceptors (Lipinski definition) is 9. The van der Waals surface area contributed by atoms with Gasteiger partial charge in [0.25, 0.3) is 5.78 Å². The largest absolute Gasteiger partial charge is 0.506 e. The SMILES string of the molecule is C.C.C=C(C)OCOCOC(=O)c1ccc(O)c(Cl)c1.CC(C)(C)CC(C)(C)c1ccc(OS(=O)(=O)C2=CC(=[N+]=[N-])C(=O)c3ccccc32)cc1. The molecule has 0 spiro atoms. The van der Waals surface area contributed by atoms with Gasteiger partial charge in [-0.05, 0) is 60.1 Å². The number of carbonyl (C=O) groups excluding carboxylic acids is 2. The number of Topliss-reactive ketones (excluding diaryl/α,β-unsaturated/α-hetero) is 1. The number of ketones is 1. The highest BCUT2D eigenvalue weighted by molar-refractivity contribution is 7.96. The highest BCUT2D eigenvalue weighted by Gasteiger charge is 2.36. The van der Waals surface area contributed by atoms with Gasteiger partial charge < -0.3 is 29.0 Å². The highest BCUT2D eigenvalue weighted by Crippen LogP contribution is 2.37. The third-order valence-electron chi connectivity index (χ3n) is 6.97. The van der Waals surface area contributed by atoms with Crippen LogP contribution < -0.4 is 4.18 Å². The molecule has 0 heterocycles. The maximum atomic E-state index is 13.0. The lowest BCUT2D eigenvalue weighted by molar-refractivity contribution is -0.0954. The Bertz CT molecular complexity index is 1910. The van der Waals surface area contributed by atoms with Gasteiger partial charge in [0.1, 0.15) is 16.4 Å². The number of rotatable bonds is 11. The van der Waals surface area contributed by atoms with Gasteiger partial charge in [-0.1, -0.05) is 104 Å². The fourth-order valence-corrected chi connectivity index (χ4v) is 6.47. The zero-order valence-electron chi connectivity index (χ0n) is 28.2. The summed E-state index contributed by atoms with van der Waals surface area (Å²) in [6.07, 6.45) is 1.99. The second-order valence-corrected chi connectivity index (χ2v) is 14.9. The number of aromatic hydroxyl groups is 1. The van der Waals surface area contributed by atoms with E-state index < -0.39 is 21.9 Å². The van der Waals surface area contributed by atoms with Crippen LogP contribution in [0.15, 0.2) is 85.1 Å². The van der Waals surface area contributed by atoms with Gasteiger partial charge in [0.2, 0.25) is 0 Å². The summed E-state index contributed by atoms with van der Waals surface area (Å²) in [6, 6.07) is 17.2. The molecule has 11 nitrogen and oxygen atoms in total. The van der Waals surface area contributed by atoms with Crippen LogP contribution >= 0.6 is 11.6 Å². The van der Waals surface area contributed by atoms with Gasteiger partial charge in [0.05, 0.1) is 22.4 Å². The molecule has 0 amide bonds. The molecule has 4 rings (SSSR count). The number of carbonyl (C=O) groups is 2. The van der Waals surface area contributed by atoms with E-state index in [4.69, 9.17) is 35.5 Å². The van der Waals surface area contributed by atoms with Crippen molar-refractivity contribution in [3.8, 4) is 11.5 Å². The fraction of sp³-hybridized carbons (Fsp3) is 0.342. The summed E-state index contributed by atoms with van der Waals surface area (Å²) in [5.74, 6) is -0.589. The highest BCUT2D eigenvalue weighted by atomic mass is 35.5. The van der Waals surface area contributed by atoms with Crippen molar-refractivity contribution in [2.45, 2.75) is 68.2 Å². The molecular formula is C38H47ClN2O9S. The molecule has 0 fully saturated rings. The first-order chi connectivity index (χ1) is 22.8. The minimum Gasteiger partial charge on any atom is -0.506 e. The second kappa shape index (κ2) is 18.5. The van der Waals surface area contributed by atoms with Crippen LogP contribution in [-0.2, 0) is 29.7 Å². The molecule has 276 valence electrons. The summed E-state index contributed by atoms with van der Waals surface area (Å²) in [6.45, 7) is 15.8. The third kappa shape index (κ3) is 12.5. The molecule has 0 unspecified atom stereocenters. The lowest BCUT2D eigenvalue weighted by Gasteiger charge is -2.33. The van der Waals surface area contributed by atoms with Crippen LogP contribution in [0.3, 0.4) is 0 Å². The molecule has 0 atom stereocenters. The van der Waals surface area contributed by atoms with E-state index in [1.54, 1.807) is 31.2 Å². The van der Waals surface area contributed by atoms with Crippen LogP contribution in [-0.4, -0.2) is 49.4 Å². The zero-order valence-corrected chi connectivity index (χ0v) is 29.7. The van der Waals surface area contributed by atoms with Crippen molar-refractivity contribution in [1.29, 1.82) is 0 Å². The lowest BCUT2D eigenvalue weighted by atomic mass is 9.72. The molecule has 0 saturated heterocycles. The first-order valence-electron chi connectivity index (χ1n) is 15.0. The molecular weight excluding hydrogens is 696 g/mol. The predicted octanol–water partition coefficient (Wildman–Crippen LogP) is 8.97. The smallest absolute Gasteiger partial charge is 0.364 e. The average Bonchev–Trinajstić information content (AvgIpc) is 3.01. The maximum absolute atomic E-state index is 13.0. The minimum atomic E-state index is -4.28. The number of halogens is 1. The van der Waals surface area contributed by atoms with Crippen molar-refractivity contribution in [3.05, 3.63) is 118 Å². The summed E-state index contributed by atoms with van der Waals surface area (Å²) < 4.78 is 46.0. The number of phenolic OH excluding ortho intramolecular Hbond substituents is 1. The number of ether oxygens (including phenoxy) is 3. The Morgan fingerprint density at radius 3 is 2.08 bits per heavy atom. The molecule has 1 aliphatic rings. The number of allylic oxidation sites excluding steroid dienone is 2. The van der Waals surface area contributed by atoms with E-state index in [2.05, 4.69) is 46.0 Å². The summed E-state index contributed by atoms with van der Waals surface area (Å²) in [5.41, 5.74) is 10.5. The average molecular weight is 743 g/mol. The van der Waals surface area contributed by atoms with Crippen LogP contribution in [0, 0.1) is 5.41 Å². The van der Waals surface area contributed by atoms with Crippen LogP contribution in [0.2, 0.25) is 5.02 Å². The molecule has 3 aromatic carbocycles. The summed E-state index contributed by atoms with van der Waals surface area (Å²) in [4.78, 5) is 26.6. The number of fused-ring (bicyclic) bond motifs is 1. The van der Waals surface area contributed by atoms with Gasteiger partial charge in [-0.25, -0.2) is 4.79 Å². The van der Waals surface area contributed by atoms with Crippen LogP contribution in [0.25, 0.3) is 10.4 Å². The third-order valence-corrected chi connectivity index (χ3v) is 8.57. The number of hydrogen-bond donors (Lipinski definition) is 1. The van der Waals surface area contributed by atoms with E-state index in [1.807, 2.05) is 12.1 Å². The zero-order chi connectivity index (χ0) is 36.6. The van der Waals surface area contributed by atoms with Gasteiger partial charge in [0.15, 0.2) is 13.6 Å². The predicted molar refractivity (Wildman–Crippen MR) is 199 cm³/mol. The quantitative estimate of drug-likeness (QED) is 0.0384. The maximum Gasteiger partial charge on any atom is 0.364 e. The van der Waals surface area contributed by atoms with Crippen molar-refractivity contribution in [2.75, 3.05) is 13.6 Å². The Morgan fingerprint density at radius 2 is 1.53 bits per heavy atom. The van der Waals surface area contributed by atoms with E-state index in [-0.39, 0.29) is 83.1 Å². The molecule has 0 bridgehead atoms. The molecule has 51 heavy (non-hydrogen) atoms. The van der Waals surface area contributed by atoms with Crippen molar-refractivity contribution in [3.63, 3.8) is 0 Å². The van der Waals surface area contributed by atoms with Crippen LogP contribution in [0.1, 0.15) is 94.7 Å². The molecule has 1 aliphatic carbocycles. The van der Waals surface area contributed by atoms with Crippen molar-refractivity contribution < 1.29 is 46.3 Å². The molecule has 0 saturated carbocycles. The van der Waals surface area contributed by atoms with E-state index in [0.717, 1.165) is 18.1 Å². The number of esters is 1. The summed E-state index contributed by atoms with van der Waals surface area (Å²) >= 11 is 5.66. The summed E-state index contributed by atoms with van der Waals surface area (Å²) in [5, 5.41) is 9.27. The van der Waals surface area contributed by atoms with Gasteiger partial charge >= 0.3 is 21.8 Å². The van der Waals surface area contributed by atoms with E-state index in [9.17, 15) is 23.1 Å². The second-order valence-electron chi connectivity index (χ2n) is 12.9. The Labute approximate surface area is 306 Å². The summed E-state index contributed by atoms with van der Waals surface area (Å²) in [7, 11) is -4.28. The monoisotopic (exact) mass is 742 g/mol. The minimum absolute atomic E-state index is 0. The topological polar surface area (TPSA) is 162 Å². The van der Waals surface area contributed by atoms with Crippen LogP contribution in [0.5, 0.6) is 11.5 Å². The number of phenols is 1. The first kappa shape index (κ1) is 44.3. The van der Waals surface area contributed by atoms with Crippen molar-refractivity contribution >= 4 is 44.1 Å². The van der Waals surface area contributed by atoms with Gasteiger partial charge in [-0.15, -0.1) is 0 Å². The standard InChI is InChI=1S/C24H26N2O4S.C12H13ClO5.2CH4/c1-23(2,3)15-24(4,5)16-10-12-17(13-11-16)30-31(28,29)21-14-20(26-25)22(27)19-9-7-6-8-18(19)21;1-8(2)17-6-16-7-18-12(15)9-3-4-11(14)10(13)5-9;;/h6-14H,15H2,1-5H3;3-5,14H,1,6-7H2,2H3;2*1H4.